The zero-order valence-corrected chi connectivity index (χ0v) is 30.1. The number of rotatable bonds is 8. The van der Waals surface area contributed by atoms with Gasteiger partial charge in [0.2, 0.25) is 11.9 Å². The van der Waals surface area contributed by atoms with Crippen LogP contribution in [0.4, 0.5) is 24.9 Å². The van der Waals surface area contributed by atoms with Crippen LogP contribution in [0.3, 0.4) is 0 Å². The van der Waals surface area contributed by atoms with E-state index in [1.807, 2.05) is 24.0 Å². The molecule has 4 aromatic rings. The molecule has 0 unspecified atom stereocenters. The van der Waals surface area contributed by atoms with Gasteiger partial charge in [0.15, 0.2) is 12.4 Å². The van der Waals surface area contributed by atoms with E-state index in [2.05, 4.69) is 44.5 Å². The number of aliphatic hydroxyl groups is 1. The molecule has 4 aliphatic heterocycles. The minimum Gasteiger partial charge on any atom is -0.481 e. The SMILES string of the molecule is C=CC(=O)N1CC2(CCN(c3nc(N4CC(N5C[C@@H](O)C[C@H]5C)C4)nc4c(OCC(F)(F)F)c(-c5c(C)ccc6[nH]ncc56)c(C5CC5)cc34)CC2)C1. The van der Waals surface area contributed by atoms with Gasteiger partial charge in [-0.3, -0.25) is 14.8 Å². The first-order valence-electron chi connectivity index (χ1n) is 18.8. The molecule has 1 saturated carbocycles. The number of nitrogens with zero attached hydrogens (tertiary/aromatic N) is 7. The number of likely N-dealkylation sites (tertiary alicyclic amines) is 2. The highest BCUT2D eigenvalue weighted by atomic mass is 19.4. The van der Waals surface area contributed by atoms with Gasteiger partial charge in [-0.15, -0.1) is 0 Å². The van der Waals surface area contributed by atoms with Crippen LogP contribution >= 0.6 is 0 Å². The molecule has 6 heterocycles. The second-order valence-electron chi connectivity index (χ2n) is 16.1. The number of nitrogens with one attached hydrogen (secondary N) is 1. The average molecular weight is 731 g/mol. The molecule has 5 fully saturated rings. The third-order valence-corrected chi connectivity index (χ3v) is 12.3. The van der Waals surface area contributed by atoms with E-state index in [1.165, 1.54) is 6.08 Å². The predicted octanol–water partition coefficient (Wildman–Crippen LogP) is 5.56. The molecule has 14 heteroatoms. The number of alkyl halides is 3. The van der Waals surface area contributed by atoms with Gasteiger partial charge in [-0.25, -0.2) is 4.98 Å². The fraction of sp³-hybridized carbons (Fsp3) is 0.538. The minimum atomic E-state index is -4.57. The van der Waals surface area contributed by atoms with E-state index in [0.29, 0.717) is 74.0 Å². The van der Waals surface area contributed by atoms with Crippen LogP contribution in [-0.4, -0.2) is 118 Å². The molecular formula is C39H45F3N8O3. The van der Waals surface area contributed by atoms with E-state index in [-0.39, 0.29) is 41.2 Å². The Kier molecular flexibility index (Phi) is 8.15. The molecule has 280 valence electrons. The number of hydrogen-bond acceptors (Lipinski definition) is 9. The highest BCUT2D eigenvalue weighted by Gasteiger charge is 2.47. The number of ether oxygens (including phenoxy) is 1. The molecule has 1 aliphatic carbocycles. The number of aliphatic hydroxyl groups excluding tert-OH is 1. The number of aryl methyl sites for hydroxylation is 1. The average Bonchev–Trinajstić information content (AvgIpc) is 3.74. The number of H-pyrrole nitrogens is 1. The number of aromatic nitrogens is 4. The van der Waals surface area contributed by atoms with Crippen LogP contribution in [0.1, 0.15) is 56.1 Å². The highest BCUT2D eigenvalue weighted by molar-refractivity contribution is 6.06. The number of benzene rings is 2. The molecule has 9 rings (SSSR count). The van der Waals surface area contributed by atoms with Gasteiger partial charge in [0.25, 0.3) is 0 Å². The fourth-order valence-electron chi connectivity index (χ4n) is 9.26. The third-order valence-electron chi connectivity index (χ3n) is 12.3. The summed E-state index contributed by atoms with van der Waals surface area (Å²) in [5.74, 6) is 1.41. The summed E-state index contributed by atoms with van der Waals surface area (Å²) in [7, 11) is 0. The number of aromatic amines is 1. The van der Waals surface area contributed by atoms with Crippen molar-refractivity contribution in [2.75, 3.05) is 62.2 Å². The molecule has 2 aromatic heterocycles. The molecule has 1 spiro atoms. The van der Waals surface area contributed by atoms with Crippen molar-refractivity contribution in [3.05, 3.63) is 48.2 Å². The predicted molar refractivity (Wildman–Crippen MR) is 196 cm³/mol. The Morgan fingerprint density at radius 3 is 2.51 bits per heavy atom. The molecule has 1 amide bonds. The first kappa shape index (κ1) is 34.3. The molecule has 2 atom stereocenters. The van der Waals surface area contributed by atoms with Gasteiger partial charge in [0.1, 0.15) is 11.3 Å². The number of anilines is 2. The lowest BCUT2D eigenvalue weighted by Crippen LogP contribution is -2.62. The van der Waals surface area contributed by atoms with Crippen molar-refractivity contribution in [2.24, 2.45) is 5.41 Å². The van der Waals surface area contributed by atoms with Crippen LogP contribution in [-0.2, 0) is 4.79 Å². The van der Waals surface area contributed by atoms with E-state index in [4.69, 9.17) is 14.7 Å². The lowest BCUT2D eigenvalue weighted by Gasteiger charge is -2.54. The number of halogens is 3. The topological polar surface area (TPSA) is 114 Å². The Hall–Kier alpha value is -4.43. The Morgan fingerprint density at radius 2 is 1.85 bits per heavy atom. The van der Waals surface area contributed by atoms with Gasteiger partial charge in [-0.05, 0) is 86.8 Å². The monoisotopic (exact) mass is 730 g/mol. The maximum Gasteiger partial charge on any atom is 0.422 e. The Balaban J connectivity index is 1.18. The third kappa shape index (κ3) is 6.07. The quantitative estimate of drug-likeness (QED) is 0.225. The lowest BCUT2D eigenvalue weighted by atomic mass is 9.72. The van der Waals surface area contributed by atoms with E-state index in [1.54, 1.807) is 6.20 Å². The van der Waals surface area contributed by atoms with E-state index in [9.17, 15) is 23.1 Å². The minimum absolute atomic E-state index is 0.0383. The number of carbonyl (C=O) groups excluding carboxylic acids is 1. The van der Waals surface area contributed by atoms with E-state index >= 15 is 0 Å². The smallest absolute Gasteiger partial charge is 0.422 e. The molecular weight excluding hydrogens is 685 g/mol. The van der Waals surface area contributed by atoms with Crippen molar-refractivity contribution >= 4 is 39.5 Å². The summed E-state index contributed by atoms with van der Waals surface area (Å²) in [6, 6.07) is 6.49. The van der Waals surface area contributed by atoms with Crippen LogP contribution in [0.15, 0.2) is 37.1 Å². The van der Waals surface area contributed by atoms with Crippen molar-refractivity contribution in [2.45, 2.75) is 76.2 Å². The number of piperidine rings is 1. The van der Waals surface area contributed by atoms with E-state index < -0.39 is 12.8 Å². The molecule has 4 saturated heterocycles. The first-order valence-corrected chi connectivity index (χ1v) is 18.8. The maximum absolute atomic E-state index is 14.1. The molecule has 11 nitrogen and oxygen atoms in total. The first-order chi connectivity index (χ1) is 25.4. The van der Waals surface area contributed by atoms with Crippen LogP contribution in [0.25, 0.3) is 32.9 Å². The standard InChI is InChI=1S/C39H45F3N8O3/c1-4-31(52)49-19-38(20-49)9-11-47(12-10-38)36-28-14-27(24-6-7-24)33(32-22(2)5-8-30-29(32)15-43-46-30)35(53-21-39(40,41)42)34(28)44-37(45-36)48-16-25(17-48)50-18-26(51)13-23(50)3/h4-5,8,14-15,23-26,51H,1,6-7,9-13,16-21H2,2-3H3,(H,43,46)/t23-,26+/m1/s1. The molecule has 2 N–H and O–H groups in total. The summed E-state index contributed by atoms with van der Waals surface area (Å²) in [5.41, 5.74) is 4.49. The summed E-state index contributed by atoms with van der Waals surface area (Å²) in [6.07, 6.45) is 2.49. The van der Waals surface area contributed by atoms with Gasteiger partial charge < -0.3 is 24.5 Å². The normalized spacial score (nSPS) is 23.5. The molecule has 53 heavy (non-hydrogen) atoms. The molecule has 0 bridgehead atoms. The Bertz CT molecular complexity index is 2090. The van der Waals surface area contributed by atoms with Crippen molar-refractivity contribution in [3.8, 4) is 16.9 Å². The number of amides is 1. The summed E-state index contributed by atoms with van der Waals surface area (Å²) in [6.45, 7) is 11.0. The van der Waals surface area contributed by atoms with Gasteiger partial charge >= 0.3 is 6.18 Å². The number of carbonyl (C=O) groups is 1. The van der Waals surface area contributed by atoms with Crippen molar-refractivity contribution in [3.63, 3.8) is 0 Å². The second-order valence-corrected chi connectivity index (χ2v) is 16.1. The summed E-state index contributed by atoms with van der Waals surface area (Å²) in [4.78, 5) is 31.1. The fourth-order valence-corrected chi connectivity index (χ4v) is 9.26. The lowest BCUT2D eigenvalue weighted by molar-refractivity contribution is -0.153. The van der Waals surface area contributed by atoms with Gasteiger partial charge in [0, 0.05) is 79.6 Å². The number of hydrogen-bond donors (Lipinski definition) is 2. The Morgan fingerprint density at radius 1 is 1.09 bits per heavy atom. The summed E-state index contributed by atoms with van der Waals surface area (Å²) >= 11 is 0. The molecule has 2 aromatic carbocycles. The van der Waals surface area contributed by atoms with E-state index in [0.717, 1.165) is 59.7 Å². The van der Waals surface area contributed by atoms with Crippen LogP contribution in [0.5, 0.6) is 5.75 Å². The molecule has 5 aliphatic rings. The highest BCUT2D eigenvalue weighted by Crippen LogP contribution is 2.53. The van der Waals surface area contributed by atoms with Crippen LogP contribution in [0.2, 0.25) is 0 Å². The van der Waals surface area contributed by atoms with Crippen molar-refractivity contribution < 1.29 is 27.8 Å². The van der Waals surface area contributed by atoms with Gasteiger partial charge in [0.05, 0.1) is 17.8 Å². The summed E-state index contributed by atoms with van der Waals surface area (Å²) in [5, 5.41) is 19.1. The van der Waals surface area contributed by atoms with Crippen molar-refractivity contribution in [1.29, 1.82) is 0 Å². The van der Waals surface area contributed by atoms with Crippen LogP contribution < -0.4 is 14.5 Å². The number of fused-ring (bicyclic) bond motifs is 2. The van der Waals surface area contributed by atoms with Crippen LogP contribution in [0, 0.1) is 12.3 Å². The summed E-state index contributed by atoms with van der Waals surface area (Å²) < 4.78 is 48.2. The molecule has 0 radical (unpaired) electrons. The second kappa shape index (κ2) is 12.6. The Labute approximate surface area is 305 Å². The van der Waals surface area contributed by atoms with Gasteiger partial charge in [-0.1, -0.05) is 12.6 Å². The zero-order chi connectivity index (χ0) is 36.8. The van der Waals surface area contributed by atoms with Gasteiger partial charge in [-0.2, -0.15) is 23.3 Å². The number of β-amino-alcohol motifs (C(OH)–C–C–N with tert-alkyl or cyclic N) is 1. The largest absolute Gasteiger partial charge is 0.481 e. The van der Waals surface area contributed by atoms with Crippen molar-refractivity contribution in [1.82, 2.24) is 30.0 Å². The maximum atomic E-state index is 14.1. The zero-order valence-electron chi connectivity index (χ0n) is 30.1.